The molecule has 1 rings (SSSR count). The molecule has 0 aromatic heterocycles. The second-order valence-corrected chi connectivity index (χ2v) is 6.08. The first-order valence-corrected chi connectivity index (χ1v) is 7.99. The molecule has 0 aliphatic heterocycles. The lowest BCUT2D eigenvalue weighted by Gasteiger charge is -2.04. The Morgan fingerprint density at radius 2 is 1.94 bits per heavy atom. The topological polar surface area (TPSA) is 78.9 Å². The fourth-order valence-electron chi connectivity index (χ4n) is 1.17. The summed E-state index contributed by atoms with van der Waals surface area (Å²) in [5.74, 6) is 1.67. The second kappa shape index (κ2) is 8.86. The number of carbonyl (C=O) groups excluding carboxylic acids is 1. The molecule has 0 unspecified atom stereocenters. The summed E-state index contributed by atoms with van der Waals surface area (Å²) >= 11 is 0. The van der Waals surface area contributed by atoms with Gasteiger partial charge in [0.25, 0.3) is 5.91 Å². The predicted molar refractivity (Wildman–Crippen MR) is 77.5 cm³/mol. The van der Waals surface area contributed by atoms with Gasteiger partial charge in [0.15, 0.2) is 0 Å². The molecule has 0 bridgehead atoms. The van der Waals surface area contributed by atoms with Crippen molar-refractivity contribution < 1.29 is 4.79 Å². The summed E-state index contributed by atoms with van der Waals surface area (Å²) in [7, 11) is 3.41. The van der Waals surface area contributed by atoms with Crippen molar-refractivity contribution in [2.45, 2.75) is 0 Å². The molecule has 3 N–H and O–H groups in total. The highest BCUT2D eigenvalue weighted by atomic mass is 33.1. The van der Waals surface area contributed by atoms with Gasteiger partial charge in [0.1, 0.15) is 0 Å². The van der Waals surface area contributed by atoms with Crippen LogP contribution in [0.1, 0.15) is 15.9 Å². The Kier molecular flexibility index (Phi) is 7.34. The molecule has 0 fully saturated rings. The number of amides is 1. The van der Waals surface area contributed by atoms with Crippen LogP contribution < -0.4 is 11.1 Å². The van der Waals surface area contributed by atoms with Crippen LogP contribution in [0.5, 0.6) is 0 Å². The lowest BCUT2D eigenvalue weighted by atomic mass is 10.1. The molecule has 0 aliphatic rings. The molecule has 0 saturated heterocycles. The highest BCUT2D eigenvalue weighted by Crippen LogP contribution is 2.18. The van der Waals surface area contributed by atoms with Gasteiger partial charge in [-0.3, -0.25) is 4.79 Å². The lowest BCUT2D eigenvalue weighted by molar-refractivity contribution is 0.0956. The Hall–Kier alpha value is -1.16. The van der Waals surface area contributed by atoms with E-state index in [4.69, 9.17) is 11.0 Å². The predicted octanol–water partition coefficient (Wildman–Crippen LogP) is 1.63. The van der Waals surface area contributed by atoms with Gasteiger partial charge in [0, 0.05) is 30.2 Å². The molecule has 0 radical (unpaired) electrons. The largest absolute Gasteiger partial charge is 0.351 e. The van der Waals surface area contributed by atoms with Crippen LogP contribution in [0.25, 0.3) is 0 Å². The fourth-order valence-corrected chi connectivity index (χ4v) is 2.93. The SMILES string of the molecule is N#Cc1ccc(C(=O)NCCSSCCN)cc1. The Balaban J connectivity index is 2.26. The highest BCUT2D eigenvalue weighted by molar-refractivity contribution is 8.76. The Bertz CT molecular complexity index is 414. The van der Waals surface area contributed by atoms with Crippen molar-refractivity contribution in [3.8, 4) is 6.07 Å². The maximum absolute atomic E-state index is 11.7. The maximum Gasteiger partial charge on any atom is 0.251 e. The van der Waals surface area contributed by atoms with E-state index in [9.17, 15) is 4.79 Å². The maximum atomic E-state index is 11.7. The van der Waals surface area contributed by atoms with Crippen LogP contribution in [0, 0.1) is 11.3 Å². The number of rotatable bonds is 7. The number of nitrogens with one attached hydrogen (secondary N) is 1. The van der Waals surface area contributed by atoms with Gasteiger partial charge in [-0.15, -0.1) is 0 Å². The quantitative estimate of drug-likeness (QED) is 0.586. The van der Waals surface area contributed by atoms with Crippen LogP contribution in [-0.4, -0.2) is 30.5 Å². The summed E-state index contributed by atoms with van der Waals surface area (Å²) in [6.07, 6.45) is 0. The van der Waals surface area contributed by atoms with Gasteiger partial charge in [0.2, 0.25) is 0 Å². The van der Waals surface area contributed by atoms with E-state index in [1.54, 1.807) is 45.9 Å². The first-order valence-electron chi connectivity index (χ1n) is 5.50. The average molecular weight is 281 g/mol. The molecule has 96 valence electrons. The van der Waals surface area contributed by atoms with E-state index in [1.165, 1.54) is 0 Å². The Labute approximate surface area is 115 Å². The van der Waals surface area contributed by atoms with Gasteiger partial charge in [-0.1, -0.05) is 21.6 Å². The van der Waals surface area contributed by atoms with Crippen LogP contribution in [0.4, 0.5) is 0 Å². The molecule has 0 atom stereocenters. The smallest absolute Gasteiger partial charge is 0.251 e. The minimum absolute atomic E-state index is 0.107. The van der Waals surface area contributed by atoms with Gasteiger partial charge in [-0.25, -0.2) is 0 Å². The van der Waals surface area contributed by atoms with Crippen molar-refractivity contribution in [2.75, 3.05) is 24.6 Å². The molecule has 1 aromatic carbocycles. The van der Waals surface area contributed by atoms with Crippen molar-refractivity contribution in [1.82, 2.24) is 5.32 Å². The van der Waals surface area contributed by atoms with Crippen molar-refractivity contribution in [2.24, 2.45) is 5.73 Å². The molecule has 0 spiro atoms. The highest BCUT2D eigenvalue weighted by Gasteiger charge is 2.04. The molecule has 0 saturated carbocycles. The zero-order valence-electron chi connectivity index (χ0n) is 9.89. The molecule has 1 amide bonds. The summed E-state index contributed by atoms with van der Waals surface area (Å²) < 4.78 is 0. The number of nitrogens with zero attached hydrogens (tertiary/aromatic N) is 1. The standard InChI is InChI=1S/C12H15N3OS2/c13-5-7-17-18-8-6-15-12(16)11-3-1-10(9-14)2-4-11/h1-4H,5-8,13H2,(H,15,16). The number of hydrogen-bond acceptors (Lipinski definition) is 5. The van der Waals surface area contributed by atoms with Crippen LogP contribution in [0.15, 0.2) is 24.3 Å². The third kappa shape index (κ3) is 5.45. The van der Waals surface area contributed by atoms with E-state index in [0.29, 0.717) is 24.2 Å². The molecule has 1 aromatic rings. The normalized spacial score (nSPS) is 9.78. The first-order chi connectivity index (χ1) is 8.77. The van der Waals surface area contributed by atoms with Crippen molar-refractivity contribution in [3.63, 3.8) is 0 Å². The number of benzene rings is 1. The molecule has 0 heterocycles. The minimum atomic E-state index is -0.107. The van der Waals surface area contributed by atoms with Gasteiger partial charge < -0.3 is 11.1 Å². The summed E-state index contributed by atoms with van der Waals surface area (Å²) in [6.45, 7) is 1.30. The zero-order valence-corrected chi connectivity index (χ0v) is 11.5. The van der Waals surface area contributed by atoms with Crippen molar-refractivity contribution in [3.05, 3.63) is 35.4 Å². The monoisotopic (exact) mass is 281 g/mol. The second-order valence-electron chi connectivity index (χ2n) is 3.38. The number of nitriles is 1. The third-order valence-electron chi connectivity index (χ3n) is 2.03. The Morgan fingerprint density at radius 1 is 1.28 bits per heavy atom. The number of nitrogens with two attached hydrogens (primary N) is 1. The molecular weight excluding hydrogens is 266 g/mol. The van der Waals surface area contributed by atoms with E-state index >= 15 is 0 Å². The van der Waals surface area contributed by atoms with E-state index in [0.717, 1.165) is 11.5 Å². The average Bonchev–Trinajstić information content (AvgIpc) is 2.42. The van der Waals surface area contributed by atoms with Crippen LogP contribution in [0.3, 0.4) is 0 Å². The van der Waals surface area contributed by atoms with E-state index < -0.39 is 0 Å². The summed E-state index contributed by atoms with van der Waals surface area (Å²) in [4.78, 5) is 11.7. The summed E-state index contributed by atoms with van der Waals surface area (Å²) in [5, 5.41) is 11.5. The summed E-state index contributed by atoms with van der Waals surface area (Å²) in [5.41, 5.74) is 6.50. The molecule has 0 aliphatic carbocycles. The molecular formula is C12H15N3OS2. The first kappa shape index (κ1) is 14.9. The minimum Gasteiger partial charge on any atom is -0.351 e. The van der Waals surface area contributed by atoms with E-state index in [2.05, 4.69) is 5.32 Å². The lowest BCUT2D eigenvalue weighted by Crippen LogP contribution is -2.25. The third-order valence-corrected chi connectivity index (χ3v) is 4.47. The zero-order chi connectivity index (χ0) is 13.2. The number of hydrogen-bond donors (Lipinski definition) is 2. The van der Waals surface area contributed by atoms with Gasteiger partial charge >= 0.3 is 0 Å². The molecule has 18 heavy (non-hydrogen) atoms. The van der Waals surface area contributed by atoms with Crippen LogP contribution in [-0.2, 0) is 0 Å². The van der Waals surface area contributed by atoms with Crippen LogP contribution in [0.2, 0.25) is 0 Å². The fraction of sp³-hybridized carbons (Fsp3) is 0.333. The van der Waals surface area contributed by atoms with Crippen molar-refractivity contribution in [1.29, 1.82) is 5.26 Å². The van der Waals surface area contributed by atoms with Gasteiger partial charge in [-0.2, -0.15) is 5.26 Å². The van der Waals surface area contributed by atoms with Gasteiger partial charge in [0.05, 0.1) is 11.6 Å². The van der Waals surface area contributed by atoms with E-state index in [1.807, 2.05) is 6.07 Å². The summed E-state index contributed by atoms with van der Waals surface area (Å²) in [6, 6.07) is 8.61. The van der Waals surface area contributed by atoms with Crippen molar-refractivity contribution >= 4 is 27.5 Å². The molecule has 6 heteroatoms. The van der Waals surface area contributed by atoms with Gasteiger partial charge in [-0.05, 0) is 24.3 Å². The van der Waals surface area contributed by atoms with Crippen LogP contribution >= 0.6 is 21.6 Å². The van der Waals surface area contributed by atoms with E-state index in [-0.39, 0.29) is 5.91 Å². The Morgan fingerprint density at radius 3 is 2.56 bits per heavy atom. The number of carbonyl (C=O) groups is 1. The molecule has 4 nitrogen and oxygen atoms in total.